The highest BCUT2D eigenvalue weighted by atomic mass is 32.1. The maximum Gasteiger partial charge on any atom is 0.270 e. The minimum absolute atomic E-state index is 0.0550. The predicted octanol–water partition coefficient (Wildman–Crippen LogP) is 3.11. The van der Waals surface area contributed by atoms with Crippen LogP contribution in [0.3, 0.4) is 0 Å². The number of aryl methyl sites for hydroxylation is 1. The molecule has 0 fully saturated rings. The van der Waals surface area contributed by atoms with E-state index >= 15 is 0 Å². The van der Waals surface area contributed by atoms with Gasteiger partial charge in [-0.2, -0.15) is 0 Å². The molecule has 0 spiro atoms. The smallest absolute Gasteiger partial charge is 0.270 e. The summed E-state index contributed by atoms with van der Waals surface area (Å²) >= 11 is 1.51. The Labute approximate surface area is 108 Å². The van der Waals surface area contributed by atoms with Crippen molar-refractivity contribution in [3.05, 3.63) is 16.1 Å². The Morgan fingerprint density at radius 2 is 1.94 bits per heavy atom. The van der Waals surface area contributed by atoms with Gasteiger partial charge < -0.3 is 5.32 Å². The van der Waals surface area contributed by atoms with Gasteiger partial charge in [-0.1, -0.05) is 27.7 Å². The summed E-state index contributed by atoms with van der Waals surface area (Å²) in [6.45, 7) is 11.4. The second kappa shape index (κ2) is 6.15. The lowest BCUT2D eigenvalue weighted by molar-refractivity contribution is 0.0932. The fourth-order valence-corrected chi connectivity index (χ4v) is 2.60. The second-order valence-electron chi connectivity index (χ2n) is 5.11. The molecule has 96 valence electrons. The van der Waals surface area contributed by atoms with E-state index in [2.05, 4.69) is 38.0 Å². The molecule has 1 aromatic rings. The average Bonchev–Trinajstić information content (AvgIpc) is 2.63. The van der Waals surface area contributed by atoms with Gasteiger partial charge in [-0.05, 0) is 24.7 Å². The Hall–Kier alpha value is -0.900. The summed E-state index contributed by atoms with van der Waals surface area (Å²) < 4.78 is 0. The van der Waals surface area contributed by atoms with E-state index in [1.807, 2.05) is 12.3 Å². The van der Waals surface area contributed by atoms with Gasteiger partial charge in [0.2, 0.25) is 0 Å². The molecule has 1 heterocycles. The summed E-state index contributed by atoms with van der Waals surface area (Å²) in [6.07, 6.45) is 0. The molecular formula is C13H22N2OS. The minimum Gasteiger partial charge on any atom is -0.350 e. The number of carbonyl (C=O) groups excluding carboxylic acids is 1. The van der Waals surface area contributed by atoms with E-state index in [0.29, 0.717) is 23.4 Å². The maximum absolute atomic E-state index is 11.8. The molecule has 0 radical (unpaired) electrons. The van der Waals surface area contributed by atoms with E-state index in [9.17, 15) is 4.79 Å². The molecule has 0 aliphatic rings. The summed E-state index contributed by atoms with van der Waals surface area (Å²) in [5.41, 5.74) is 0.541. The van der Waals surface area contributed by atoms with E-state index < -0.39 is 0 Å². The van der Waals surface area contributed by atoms with Gasteiger partial charge in [-0.25, -0.2) is 4.98 Å². The Kier molecular flexibility index (Phi) is 5.12. The van der Waals surface area contributed by atoms with E-state index in [-0.39, 0.29) is 5.91 Å². The quantitative estimate of drug-likeness (QED) is 0.877. The van der Waals surface area contributed by atoms with Crippen molar-refractivity contribution in [2.75, 3.05) is 6.54 Å². The highest BCUT2D eigenvalue weighted by molar-refractivity contribution is 7.09. The molecule has 0 bridgehead atoms. The standard InChI is InChI=1S/C13H22N2OS/c1-8(2)11(9(3)4)6-14-13(16)12-7-17-10(5)15-12/h7-9,11H,6H2,1-5H3,(H,14,16). The van der Waals surface area contributed by atoms with Crippen molar-refractivity contribution in [3.63, 3.8) is 0 Å². The fraction of sp³-hybridized carbons (Fsp3) is 0.692. The molecule has 1 rings (SSSR count). The van der Waals surface area contributed by atoms with Crippen LogP contribution in [-0.4, -0.2) is 17.4 Å². The number of hydrogen-bond acceptors (Lipinski definition) is 3. The van der Waals surface area contributed by atoms with E-state index in [4.69, 9.17) is 0 Å². The number of rotatable bonds is 5. The number of thiazole rings is 1. The Bertz CT molecular complexity index is 363. The van der Waals surface area contributed by atoms with Gasteiger partial charge >= 0.3 is 0 Å². The van der Waals surface area contributed by atoms with E-state index in [1.54, 1.807) is 0 Å². The third-order valence-corrected chi connectivity index (χ3v) is 3.84. The van der Waals surface area contributed by atoms with Crippen molar-refractivity contribution >= 4 is 17.2 Å². The van der Waals surface area contributed by atoms with Crippen LogP contribution in [0.1, 0.15) is 43.2 Å². The van der Waals surface area contributed by atoms with Crippen LogP contribution >= 0.6 is 11.3 Å². The number of aromatic nitrogens is 1. The first-order valence-electron chi connectivity index (χ1n) is 6.12. The largest absolute Gasteiger partial charge is 0.350 e. The van der Waals surface area contributed by atoms with Gasteiger partial charge in [0.15, 0.2) is 0 Å². The lowest BCUT2D eigenvalue weighted by Crippen LogP contribution is -2.34. The molecular weight excluding hydrogens is 232 g/mol. The molecule has 0 aromatic carbocycles. The highest BCUT2D eigenvalue weighted by Gasteiger charge is 2.19. The molecule has 0 aliphatic heterocycles. The van der Waals surface area contributed by atoms with Crippen LogP contribution in [0, 0.1) is 24.7 Å². The molecule has 0 saturated carbocycles. The fourth-order valence-electron chi connectivity index (χ4n) is 2.01. The molecule has 1 amide bonds. The van der Waals surface area contributed by atoms with Gasteiger partial charge in [0, 0.05) is 11.9 Å². The van der Waals surface area contributed by atoms with Crippen LogP contribution in [0.15, 0.2) is 5.38 Å². The highest BCUT2D eigenvalue weighted by Crippen LogP contribution is 2.19. The first kappa shape index (κ1) is 14.2. The van der Waals surface area contributed by atoms with Crippen LogP contribution in [0.4, 0.5) is 0 Å². The third kappa shape index (κ3) is 4.11. The normalized spacial score (nSPS) is 11.5. The number of nitrogens with zero attached hydrogens (tertiary/aromatic N) is 1. The summed E-state index contributed by atoms with van der Waals surface area (Å²) in [4.78, 5) is 16.0. The zero-order chi connectivity index (χ0) is 13.0. The molecule has 1 N–H and O–H groups in total. The number of carbonyl (C=O) groups is 1. The Balaban J connectivity index is 2.52. The van der Waals surface area contributed by atoms with Crippen molar-refractivity contribution in [3.8, 4) is 0 Å². The number of amides is 1. The molecule has 1 aromatic heterocycles. The van der Waals surface area contributed by atoms with Gasteiger partial charge in [0.05, 0.1) is 5.01 Å². The first-order valence-corrected chi connectivity index (χ1v) is 7.00. The third-order valence-electron chi connectivity index (χ3n) is 3.06. The van der Waals surface area contributed by atoms with Gasteiger partial charge in [0.1, 0.15) is 5.69 Å². The monoisotopic (exact) mass is 254 g/mol. The molecule has 17 heavy (non-hydrogen) atoms. The molecule has 3 nitrogen and oxygen atoms in total. The van der Waals surface area contributed by atoms with Crippen LogP contribution < -0.4 is 5.32 Å². The molecule has 4 heteroatoms. The van der Waals surface area contributed by atoms with Crippen LogP contribution in [0.5, 0.6) is 0 Å². The first-order chi connectivity index (χ1) is 7.91. The second-order valence-corrected chi connectivity index (χ2v) is 6.18. The summed E-state index contributed by atoms with van der Waals surface area (Å²) in [5.74, 6) is 1.61. The Morgan fingerprint density at radius 3 is 2.35 bits per heavy atom. The number of hydrogen-bond donors (Lipinski definition) is 1. The number of nitrogens with one attached hydrogen (secondary N) is 1. The van der Waals surface area contributed by atoms with E-state index in [1.165, 1.54) is 11.3 Å². The molecule has 0 unspecified atom stereocenters. The van der Waals surface area contributed by atoms with Gasteiger partial charge in [-0.15, -0.1) is 11.3 Å². The zero-order valence-electron chi connectivity index (χ0n) is 11.3. The topological polar surface area (TPSA) is 42.0 Å². The van der Waals surface area contributed by atoms with Crippen LogP contribution in [-0.2, 0) is 0 Å². The SMILES string of the molecule is Cc1nc(C(=O)NCC(C(C)C)C(C)C)cs1. The van der Waals surface area contributed by atoms with Crippen molar-refractivity contribution in [1.82, 2.24) is 10.3 Å². The maximum atomic E-state index is 11.8. The van der Waals surface area contributed by atoms with Crippen LogP contribution in [0.25, 0.3) is 0 Å². The zero-order valence-corrected chi connectivity index (χ0v) is 12.1. The summed E-state index contributed by atoms with van der Waals surface area (Å²) in [6, 6.07) is 0. The van der Waals surface area contributed by atoms with Crippen molar-refractivity contribution in [2.24, 2.45) is 17.8 Å². The lowest BCUT2D eigenvalue weighted by atomic mass is 9.85. The molecule has 0 aliphatic carbocycles. The minimum atomic E-state index is -0.0550. The molecule has 0 atom stereocenters. The van der Waals surface area contributed by atoms with Crippen molar-refractivity contribution in [1.29, 1.82) is 0 Å². The average molecular weight is 254 g/mol. The van der Waals surface area contributed by atoms with E-state index in [0.717, 1.165) is 11.6 Å². The van der Waals surface area contributed by atoms with Crippen molar-refractivity contribution in [2.45, 2.75) is 34.6 Å². The molecule has 0 saturated heterocycles. The van der Waals surface area contributed by atoms with Gasteiger partial charge in [0.25, 0.3) is 5.91 Å². The predicted molar refractivity (Wildman–Crippen MR) is 72.4 cm³/mol. The summed E-state index contributed by atoms with van der Waals surface area (Å²) in [5, 5.41) is 5.72. The Morgan fingerprint density at radius 1 is 1.35 bits per heavy atom. The van der Waals surface area contributed by atoms with Crippen molar-refractivity contribution < 1.29 is 4.79 Å². The van der Waals surface area contributed by atoms with Gasteiger partial charge in [-0.3, -0.25) is 4.79 Å². The van der Waals surface area contributed by atoms with Crippen LogP contribution in [0.2, 0.25) is 0 Å². The lowest BCUT2D eigenvalue weighted by Gasteiger charge is -2.24. The summed E-state index contributed by atoms with van der Waals surface area (Å²) in [7, 11) is 0.